The minimum absolute atomic E-state index is 0.00662. The van der Waals surface area contributed by atoms with E-state index >= 15 is 0 Å². The Bertz CT molecular complexity index is 483. The average molecular weight is 264 g/mol. The molecular formula is C15H20O4. The van der Waals surface area contributed by atoms with Crippen molar-refractivity contribution in [1.29, 1.82) is 0 Å². The third-order valence-corrected chi connectivity index (χ3v) is 5.90. The van der Waals surface area contributed by atoms with Crippen LogP contribution in [-0.2, 0) is 19.1 Å². The fourth-order valence-electron chi connectivity index (χ4n) is 4.36. The average Bonchev–Trinajstić information content (AvgIpc) is 2.67. The maximum absolute atomic E-state index is 12.3. The van der Waals surface area contributed by atoms with Gasteiger partial charge < -0.3 is 9.47 Å². The quantitative estimate of drug-likeness (QED) is 0.413. The number of carbonyl (C=O) groups excluding carboxylic acids is 2. The summed E-state index contributed by atoms with van der Waals surface area (Å²) >= 11 is 0. The Morgan fingerprint density at radius 3 is 2.79 bits per heavy atom. The molecule has 0 aromatic heterocycles. The van der Waals surface area contributed by atoms with E-state index < -0.39 is 17.4 Å². The van der Waals surface area contributed by atoms with Gasteiger partial charge in [0, 0.05) is 5.92 Å². The molecule has 0 unspecified atom stereocenters. The van der Waals surface area contributed by atoms with Crippen LogP contribution in [0.1, 0.15) is 33.1 Å². The van der Waals surface area contributed by atoms with Crippen LogP contribution in [0.2, 0.25) is 0 Å². The summed E-state index contributed by atoms with van der Waals surface area (Å²) in [6, 6.07) is 0. The molecule has 2 aliphatic carbocycles. The summed E-state index contributed by atoms with van der Waals surface area (Å²) in [6.45, 7) is 8.59. The van der Waals surface area contributed by atoms with Gasteiger partial charge in [0.15, 0.2) is 5.41 Å². The monoisotopic (exact) mass is 264 g/mol. The molecular weight excluding hydrogens is 244 g/mol. The standard InChI is InChI=1S/C15H20O4/c1-8-7-10-11-9(2)14(8,3)5-6-15(11,12(16)18-4)13(17)19-10/h8,10-11H,2,5-7H2,1,3-4H3/t8-,10+,11-,14+,15-/m0/s1. The molecule has 1 aliphatic heterocycles. The number of hydrogen-bond acceptors (Lipinski definition) is 4. The summed E-state index contributed by atoms with van der Waals surface area (Å²) in [5, 5.41) is 0. The Hall–Kier alpha value is -1.32. The summed E-state index contributed by atoms with van der Waals surface area (Å²) in [5.41, 5.74) is -0.123. The van der Waals surface area contributed by atoms with Crippen LogP contribution < -0.4 is 0 Å². The highest BCUT2D eigenvalue weighted by Gasteiger charge is 2.70. The second kappa shape index (κ2) is 3.62. The summed E-state index contributed by atoms with van der Waals surface area (Å²) in [7, 11) is 1.33. The normalized spacial score (nSPS) is 47.8. The van der Waals surface area contributed by atoms with Crippen molar-refractivity contribution in [2.45, 2.75) is 39.2 Å². The molecule has 4 heteroatoms. The van der Waals surface area contributed by atoms with Crippen LogP contribution >= 0.6 is 0 Å². The number of methoxy groups -OCH3 is 1. The van der Waals surface area contributed by atoms with Crippen LogP contribution in [0.25, 0.3) is 0 Å². The predicted molar refractivity (Wildman–Crippen MR) is 68.1 cm³/mol. The van der Waals surface area contributed by atoms with Gasteiger partial charge in [-0.05, 0) is 30.6 Å². The maximum atomic E-state index is 12.3. The minimum atomic E-state index is -1.13. The fourth-order valence-corrected chi connectivity index (χ4v) is 4.36. The summed E-state index contributed by atoms with van der Waals surface area (Å²) in [4.78, 5) is 24.5. The van der Waals surface area contributed by atoms with Crippen LogP contribution in [-0.4, -0.2) is 25.2 Å². The lowest BCUT2D eigenvalue weighted by atomic mass is 9.48. The van der Waals surface area contributed by atoms with E-state index in [1.54, 1.807) is 0 Å². The first-order valence-corrected chi connectivity index (χ1v) is 6.86. The Balaban J connectivity index is 2.13. The van der Waals surface area contributed by atoms with Gasteiger partial charge in [-0.1, -0.05) is 26.0 Å². The van der Waals surface area contributed by atoms with E-state index in [4.69, 9.17) is 9.47 Å². The molecule has 0 N–H and O–H groups in total. The lowest BCUT2D eigenvalue weighted by molar-refractivity contribution is -0.166. The molecule has 0 spiro atoms. The molecule has 2 bridgehead atoms. The van der Waals surface area contributed by atoms with Crippen molar-refractivity contribution in [2.24, 2.45) is 22.7 Å². The van der Waals surface area contributed by atoms with E-state index in [0.29, 0.717) is 12.3 Å². The van der Waals surface area contributed by atoms with Gasteiger partial charge in [0.25, 0.3) is 0 Å². The zero-order chi connectivity index (χ0) is 14.0. The van der Waals surface area contributed by atoms with Crippen LogP contribution in [0.4, 0.5) is 0 Å². The number of esters is 2. The zero-order valence-electron chi connectivity index (χ0n) is 11.7. The van der Waals surface area contributed by atoms with E-state index in [-0.39, 0.29) is 17.4 Å². The summed E-state index contributed by atoms with van der Waals surface area (Å²) < 4.78 is 10.4. The molecule has 5 atom stereocenters. The molecule has 0 aromatic carbocycles. The van der Waals surface area contributed by atoms with E-state index in [0.717, 1.165) is 18.4 Å². The fraction of sp³-hybridized carbons (Fsp3) is 0.733. The molecule has 0 amide bonds. The molecule has 3 rings (SSSR count). The van der Waals surface area contributed by atoms with Gasteiger partial charge in [-0.25, -0.2) is 0 Å². The van der Waals surface area contributed by atoms with E-state index in [2.05, 4.69) is 20.4 Å². The van der Waals surface area contributed by atoms with Crippen LogP contribution in [0.3, 0.4) is 0 Å². The smallest absolute Gasteiger partial charge is 0.324 e. The second-order valence-corrected chi connectivity index (χ2v) is 6.46. The predicted octanol–water partition coefficient (Wildman–Crippen LogP) is 2.08. The zero-order valence-corrected chi connectivity index (χ0v) is 11.7. The third kappa shape index (κ3) is 1.25. The minimum Gasteiger partial charge on any atom is -0.468 e. The molecule has 19 heavy (non-hydrogen) atoms. The maximum Gasteiger partial charge on any atom is 0.324 e. The van der Waals surface area contributed by atoms with Crippen molar-refractivity contribution in [3.05, 3.63) is 12.2 Å². The summed E-state index contributed by atoms with van der Waals surface area (Å²) in [5.74, 6) is -0.653. The van der Waals surface area contributed by atoms with Gasteiger partial charge in [0.05, 0.1) is 7.11 Å². The SMILES string of the molecule is C=C1[C@H]2[C@H]3C[C@H](C)[C@@]1(C)CC[C@]2(C(=O)OC)C(=O)O3. The first-order valence-electron chi connectivity index (χ1n) is 6.86. The molecule has 1 heterocycles. The van der Waals surface area contributed by atoms with Gasteiger partial charge in [-0.2, -0.15) is 0 Å². The highest BCUT2D eigenvalue weighted by molar-refractivity contribution is 6.02. The number of hydrogen-bond donors (Lipinski definition) is 0. The topological polar surface area (TPSA) is 52.6 Å². The van der Waals surface area contributed by atoms with Crippen molar-refractivity contribution in [1.82, 2.24) is 0 Å². The van der Waals surface area contributed by atoms with Gasteiger partial charge in [-0.3, -0.25) is 9.59 Å². The number of fused-ring (bicyclic) bond motifs is 1. The first-order chi connectivity index (χ1) is 8.87. The Labute approximate surface area is 113 Å². The van der Waals surface area contributed by atoms with E-state index in [1.165, 1.54) is 7.11 Å². The van der Waals surface area contributed by atoms with Crippen LogP contribution in [0, 0.1) is 22.7 Å². The third-order valence-electron chi connectivity index (χ3n) is 5.90. The van der Waals surface area contributed by atoms with E-state index in [1.807, 2.05) is 0 Å². The van der Waals surface area contributed by atoms with Crippen molar-refractivity contribution in [3.8, 4) is 0 Å². The Kier molecular flexibility index (Phi) is 2.42. The molecule has 3 aliphatic rings. The van der Waals surface area contributed by atoms with Crippen molar-refractivity contribution in [3.63, 3.8) is 0 Å². The highest BCUT2D eigenvalue weighted by atomic mass is 16.6. The van der Waals surface area contributed by atoms with Gasteiger partial charge in [0.2, 0.25) is 0 Å². The van der Waals surface area contributed by atoms with Crippen molar-refractivity contribution in [2.75, 3.05) is 7.11 Å². The summed E-state index contributed by atoms with van der Waals surface area (Å²) in [6.07, 6.45) is 1.91. The molecule has 3 fully saturated rings. The van der Waals surface area contributed by atoms with Crippen molar-refractivity contribution >= 4 is 11.9 Å². The van der Waals surface area contributed by atoms with Crippen LogP contribution in [0.5, 0.6) is 0 Å². The molecule has 0 radical (unpaired) electrons. The van der Waals surface area contributed by atoms with Gasteiger partial charge >= 0.3 is 11.9 Å². The van der Waals surface area contributed by atoms with Crippen molar-refractivity contribution < 1.29 is 19.1 Å². The number of rotatable bonds is 1. The Morgan fingerprint density at radius 2 is 2.16 bits per heavy atom. The largest absolute Gasteiger partial charge is 0.468 e. The van der Waals surface area contributed by atoms with Gasteiger partial charge in [0.1, 0.15) is 6.10 Å². The molecule has 4 nitrogen and oxygen atoms in total. The van der Waals surface area contributed by atoms with Gasteiger partial charge in [-0.15, -0.1) is 0 Å². The lowest BCUT2D eigenvalue weighted by Gasteiger charge is -2.53. The lowest BCUT2D eigenvalue weighted by Crippen LogP contribution is -2.54. The Morgan fingerprint density at radius 1 is 1.47 bits per heavy atom. The molecule has 1 saturated heterocycles. The highest BCUT2D eigenvalue weighted by Crippen LogP contribution is 2.64. The second-order valence-electron chi connectivity index (χ2n) is 6.46. The molecule has 0 aromatic rings. The number of carbonyl (C=O) groups is 2. The molecule has 2 saturated carbocycles. The molecule has 104 valence electrons. The van der Waals surface area contributed by atoms with E-state index in [9.17, 15) is 9.59 Å². The number of ether oxygens (including phenoxy) is 2. The first kappa shape index (κ1) is 12.7. The van der Waals surface area contributed by atoms with Crippen LogP contribution in [0.15, 0.2) is 12.2 Å².